The van der Waals surface area contributed by atoms with Crippen molar-refractivity contribution in [3.8, 4) is 5.75 Å². The van der Waals surface area contributed by atoms with Gasteiger partial charge in [0.1, 0.15) is 11.4 Å². The minimum atomic E-state index is -0.905. The molecule has 0 unspecified atom stereocenters. The third-order valence-corrected chi connectivity index (χ3v) is 6.23. The molecule has 1 aromatic carbocycles. The second-order valence-corrected chi connectivity index (χ2v) is 8.85. The highest BCUT2D eigenvalue weighted by Crippen LogP contribution is 2.31. The van der Waals surface area contributed by atoms with Crippen LogP contribution in [0.2, 0.25) is 0 Å². The van der Waals surface area contributed by atoms with Gasteiger partial charge in [-0.15, -0.1) is 0 Å². The predicted molar refractivity (Wildman–Crippen MR) is 120 cm³/mol. The highest BCUT2D eigenvalue weighted by atomic mass is 16.5. The van der Waals surface area contributed by atoms with E-state index in [2.05, 4.69) is 10.6 Å². The van der Waals surface area contributed by atoms with Crippen molar-refractivity contribution in [2.45, 2.75) is 63.9 Å². The minimum absolute atomic E-state index is 0.183. The standard InChI is InChI=1S/C24H37N3O4/c1-2-24(30,20-8-7-9-21(16-20)31-17-19-10-11-19)18-25-13-5-3-4-6-14-27-15-12-22(28)26-23(27)29/h7-9,16,19,25,30H,2-6,10-15,17-18H2,1H3,(H,26,28,29)/t24-/m1/s1. The van der Waals surface area contributed by atoms with Crippen LogP contribution in [0.15, 0.2) is 24.3 Å². The summed E-state index contributed by atoms with van der Waals surface area (Å²) in [5.74, 6) is 1.36. The quantitative estimate of drug-likeness (QED) is 0.394. The molecule has 0 radical (unpaired) electrons. The Morgan fingerprint density at radius 3 is 2.77 bits per heavy atom. The molecule has 3 rings (SSSR count). The summed E-state index contributed by atoms with van der Waals surface area (Å²) in [5.41, 5.74) is -0.00745. The van der Waals surface area contributed by atoms with Crippen LogP contribution >= 0.6 is 0 Å². The Bertz CT molecular complexity index is 737. The van der Waals surface area contributed by atoms with Crippen molar-refractivity contribution in [1.29, 1.82) is 0 Å². The van der Waals surface area contributed by atoms with Crippen LogP contribution in [0.1, 0.15) is 63.9 Å². The number of unbranched alkanes of at least 4 members (excludes halogenated alkanes) is 3. The molecular formula is C24H37N3O4. The number of imide groups is 1. The molecule has 172 valence electrons. The van der Waals surface area contributed by atoms with E-state index in [1.165, 1.54) is 12.8 Å². The normalized spacial score (nSPS) is 18.6. The van der Waals surface area contributed by atoms with E-state index in [0.29, 0.717) is 38.4 Å². The van der Waals surface area contributed by atoms with Crippen molar-refractivity contribution in [2.75, 3.05) is 32.8 Å². The van der Waals surface area contributed by atoms with E-state index in [9.17, 15) is 14.7 Å². The number of hydrogen-bond acceptors (Lipinski definition) is 5. The van der Waals surface area contributed by atoms with Crippen LogP contribution < -0.4 is 15.4 Å². The molecule has 1 saturated heterocycles. The van der Waals surface area contributed by atoms with Gasteiger partial charge in [-0.25, -0.2) is 4.79 Å². The Balaban J connectivity index is 1.31. The van der Waals surface area contributed by atoms with Gasteiger partial charge in [-0.3, -0.25) is 10.1 Å². The van der Waals surface area contributed by atoms with Crippen LogP contribution in [-0.2, 0) is 10.4 Å². The maximum Gasteiger partial charge on any atom is 0.324 e. The van der Waals surface area contributed by atoms with Crippen LogP contribution in [0, 0.1) is 5.92 Å². The number of urea groups is 1. The van der Waals surface area contributed by atoms with Gasteiger partial charge >= 0.3 is 6.03 Å². The largest absolute Gasteiger partial charge is 0.493 e. The van der Waals surface area contributed by atoms with Crippen LogP contribution in [0.25, 0.3) is 0 Å². The maximum absolute atomic E-state index is 11.7. The fourth-order valence-corrected chi connectivity index (χ4v) is 3.82. The Hall–Kier alpha value is -2.12. The second-order valence-electron chi connectivity index (χ2n) is 8.85. The summed E-state index contributed by atoms with van der Waals surface area (Å²) in [6.45, 7) is 5.35. The second kappa shape index (κ2) is 11.5. The monoisotopic (exact) mass is 431 g/mol. The first kappa shape index (κ1) is 23.5. The van der Waals surface area contributed by atoms with E-state index in [0.717, 1.165) is 50.1 Å². The van der Waals surface area contributed by atoms with Gasteiger partial charge in [0.05, 0.1) is 6.61 Å². The third-order valence-electron chi connectivity index (χ3n) is 6.23. The van der Waals surface area contributed by atoms with Gasteiger partial charge in [-0.1, -0.05) is 31.9 Å². The highest BCUT2D eigenvalue weighted by Gasteiger charge is 2.27. The number of rotatable bonds is 14. The van der Waals surface area contributed by atoms with Crippen LogP contribution in [0.4, 0.5) is 4.79 Å². The van der Waals surface area contributed by atoms with E-state index in [1.807, 2.05) is 31.2 Å². The maximum atomic E-state index is 11.7. The predicted octanol–water partition coefficient (Wildman–Crippen LogP) is 3.16. The average molecular weight is 432 g/mol. The van der Waals surface area contributed by atoms with Crippen molar-refractivity contribution in [3.63, 3.8) is 0 Å². The minimum Gasteiger partial charge on any atom is -0.493 e. The number of nitrogens with one attached hydrogen (secondary N) is 2. The first-order chi connectivity index (χ1) is 15.0. The first-order valence-corrected chi connectivity index (χ1v) is 11.8. The lowest BCUT2D eigenvalue weighted by Crippen LogP contribution is -2.49. The van der Waals surface area contributed by atoms with Gasteiger partial charge in [0.25, 0.3) is 0 Å². The molecule has 2 aliphatic rings. The summed E-state index contributed by atoms with van der Waals surface area (Å²) in [6, 6.07) is 7.59. The molecule has 1 aliphatic heterocycles. The van der Waals surface area contributed by atoms with Gasteiger partial charge < -0.3 is 20.1 Å². The summed E-state index contributed by atoms with van der Waals surface area (Å²) < 4.78 is 5.87. The summed E-state index contributed by atoms with van der Waals surface area (Å²) in [7, 11) is 0. The van der Waals surface area contributed by atoms with E-state index < -0.39 is 5.60 Å². The van der Waals surface area contributed by atoms with E-state index in [4.69, 9.17) is 4.74 Å². The number of carbonyl (C=O) groups excluding carboxylic acids is 2. The molecule has 7 nitrogen and oxygen atoms in total. The number of ether oxygens (including phenoxy) is 1. The molecule has 1 saturated carbocycles. The Morgan fingerprint density at radius 1 is 1.23 bits per heavy atom. The number of aliphatic hydroxyl groups is 1. The van der Waals surface area contributed by atoms with Crippen LogP contribution in [0.3, 0.4) is 0 Å². The summed E-state index contributed by atoms with van der Waals surface area (Å²) in [6.07, 6.45) is 7.61. The van der Waals surface area contributed by atoms with Gasteiger partial charge in [-0.05, 0) is 62.3 Å². The third kappa shape index (κ3) is 7.51. The smallest absolute Gasteiger partial charge is 0.324 e. The number of amides is 3. The first-order valence-electron chi connectivity index (χ1n) is 11.8. The Labute approximate surface area is 185 Å². The number of benzene rings is 1. The van der Waals surface area contributed by atoms with Crippen molar-refractivity contribution < 1.29 is 19.4 Å². The van der Waals surface area contributed by atoms with Crippen molar-refractivity contribution in [3.05, 3.63) is 29.8 Å². The van der Waals surface area contributed by atoms with Gasteiger partial charge in [-0.2, -0.15) is 0 Å². The summed E-state index contributed by atoms with van der Waals surface area (Å²) >= 11 is 0. The zero-order valence-corrected chi connectivity index (χ0v) is 18.7. The molecular weight excluding hydrogens is 394 g/mol. The van der Waals surface area contributed by atoms with Crippen LogP contribution in [-0.4, -0.2) is 54.7 Å². The van der Waals surface area contributed by atoms with Crippen molar-refractivity contribution in [1.82, 2.24) is 15.5 Å². The number of hydrogen-bond donors (Lipinski definition) is 3. The molecule has 1 heterocycles. The topological polar surface area (TPSA) is 90.9 Å². The molecule has 7 heteroatoms. The molecule has 0 bridgehead atoms. The van der Waals surface area contributed by atoms with E-state index >= 15 is 0 Å². The molecule has 3 N–H and O–H groups in total. The fourth-order valence-electron chi connectivity index (χ4n) is 3.82. The van der Waals surface area contributed by atoms with Gasteiger partial charge in [0.2, 0.25) is 5.91 Å². The summed E-state index contributed by atoms with van der Waals surface area (Å²) in [5, 5.41) is 16.9. The zero-order valence-electron chi connectivity index (χ0n) is 18.7. The molecule has 1 aromatic rings. The Morgan fingerprint density at radius 2 is 2.03 bits per heavy atom. The lowest BCUT2D eigenvalue weighted by atomic mass is 9.91. The highest BCUT2D eigenvalue weighted by molar-refractivity contribution is 5.96. The molecule has 1 atom stereocenters. The van der Waals surface area contributed by atoms with Crippen LogP contribution in [0.5, 0.6) is 5.75 Å². The fraction of sp³-hybridized carbons (Fsp3) is 0.667. The lowest BCUT2D eigenvalue weighted by molar-refractivity contribution is -0.121. The zero-order chi connectivity index (χ0) is 22.1. The van der Waals surface area contributed by atoms with Gasteiger partial charge in [0.15, 0.2) is 0 Å². The van der Waals surface area contributed by atoms with Gasteiger partial charge in [0, 0.05) is 26.1 Å². The SMILES string of the molecule is CC[C@@](O)(CNCCCCCCN1CCC(=O)NC1=O)c1cccc(OCC2CC2)c1. The lowest BCUT2D eigenvalue weighted by Gasteiger charge is -2.28. The van der Waals surface area contributed by atoms with E-state index in [1.54, 1.807) is 4.90 Å². The molecule has 2 fully saturated rings. The number of nitrogens with zero attached hydrogens (tertiary/aromatic N) is 1. The molecule has 31 heavy (non-hydrogen) atoms. The Kier molecular flexibility index (Phi) is 8.72. The van der Waals surface area contributed by atoms with Crippen molar-refractivity contribution >= 4 is 11.9 Å². The molecule has 1 aliphatic carbocycles. The molecule has 0 aromatic heterocycles. The molecule has 0 spiro atoms. The number of carbonyl (C=O) groups is 2. The molecule has 3 amide bonds. The average Bonchev–Trinajstić information content (AvgIpc) is 3.60. The van der Waals surface area contributed by atoms with Crippen molar-refractivity contribution in [2.24, 2.45) is 5.92 Å². The summed E-state index contributed by atoms with van der Waals surface area (Å²) in [4.78, 5) is 24.6. The van der Waals surface area contributed by atoms with E-state index in [-0.39, 0.29) is 11.9 Å².